The van der Waals surface area contributed by atoms with E-state index in [0.717, 1.165) is 37.3 Å². The Kier molecular flexibility index (Phi) is 2.65. The molecular formula is C15H24N2O. The number of nitrogens with zero attached hydrogens (tertiary/aromatic N) is 2. The van der Waals surface area contributed by atoms with Crippen LogP contribution in [0.2, 0.25) is 0 Å². The third kappa shape index (κ3) is 1.56. The zero-order valence-electron chi connectivity index (χ0n) is 11.2. The van der Waals surface area contributed by atoms with E-state index < -0.39 is 0 Å². The summed E-state index contributed by atoms with van der Waals surface area (Å²) in [4.78, 5) is 17.2. The topological polar surface area (TPSA) is 23.6 Å². The van der Waals surface area contributed by atoms with Crippen molar-refractivity contribution in [2.45, 2.75) is 57.0 Å². The number of rotatable bonds is 0. The van der Waals surface area contributed by atoms with Crippen molar-refractivity contribution in [1.29, 1.82) is 0 Å². The molecule has 1 amide bonds. The number of piperidine rings is 4. The molecule has 18 heavy (non-hydrogen) atoms. The number of carbonyl (C=O) groups excluding carboxylic acids is 1. The van der Waals surface area contributed by atoms with Crippen molar-refractivity contribution in [3.8, 4) is 0 Å². The fourth-order valence-corrected chi connectivity index (χ4v) is 5.26. The van der Waals surface area contributed by atoms with Gasteiger partial charge in [-0.1, -0.05) is 0 Å². The standard InChI is InChI=1S/C15H24N2O/c18-14-7-1-6-13-12-5-3-9-16-8-2-4-11(15(12)16)10-17(13)14/h11-13,15H,1-10H2/t11-,12-,13-,15+/m1/s1. The smallest absolute Gasteiger partial charge is 0.222 e. The van der Waals surface area contributed by atoms with Gasteiger partial charge in [0.25, 0.3) is 0 Å². The molecule has 100 valence electrons. The van der Waals surface area contributed by atoms with Gasteiger partial charge in [-0.25, -0.2) is 0 Å². The summed E-state index contributed by atoms with van der Waals surface area (Å²) in [5, 5.41) is 0. The second-order valence-electron chi connectivity index (χ2n) is 6.74. The minimum atomic E-state index is 0.451. The molecule has 4 heterocycles. The van der Waals surface area contributed by atoms with E-state index in [1.165, 1.54) is 45.2 Å². The third-order valence-corrected chi connectivity index (χ3v) is 5.88. The largest absolute Gasteiger partial charge is 0.339 e. The van der Waals surface area contributed by atoms with Crippen molar-refractivity contribution in [1.82, 2.24) is 9.80 Å². The molecule has 4 fully saturated rings. The van der Waals surface area contributed by atoms with E-state index in [9.17, 15) is 4.79 Å². The van der Waals surface area contributed by atoms with Gasteiger partial charge in [-0.15, -0.1) is 0 Å². The number of amides is 1. The van der Waals surface area contributed by atoms with Crippen molar-refractivity contribution >= 4 is 5.91 Å². The molecule has 0 bridgehead atoms. The first-order valence-corrected chi connectivity index (χ1v) is 7.88. The summed E-state index contributed by atoms with van der Waals surface area (Å²) < 4.78 is 0. The molecule has 3 heteroatoms. The van der Waals surface area contributed by atoms with Crippen molar-refractivity contribution in [2.75, 3.05) is 19.6 Å². The lowest BCUT2D eigenvalue weighted by atomic mass is 9.68. The molecule has 3 nitrogen and oxygen atoms in total. The number of hydrogen-bond acceptors (Lipinski definition) is 2. The van der Waals surface area contributed by atoms with Gasteiger partial charge < -0.3 is 4.90 Å². The van der Waals surface area contributed by atoms with E-state index >= 15 is 0 Å². The summed E-state index contributed by atoms with van der Waals surface area (Å²) >= 11 is 0. The van der Waals surface area contributed by atoms with Crippen LogP contribution in [-0.2, 0) is 4.79 Å². The highest BCUT2D eigenvalue weighted by Crippen LogP contribution is 2.44. The number of fused-ring (bicyclic) bond motifs is 2. The van der Waals surface area contributed by atoms with Crippen LogP contribution in [0.4, 0.5) is 0 Å². The molecular weight excluding hydrogens is 224 g/mol. The first-order valence-electron chi connectivity index (χ1n) is 7.88. The molecule has 4 aliphatic rings. The Labute approximate surface area is 110 Å². The van der Waals surface area contributed by atoms with Crippen LogP contribution < -0.4 is 0 Å². The maximum Gasteiger partial charge on any atom is 0.222 e. The Morgan fingerprint density at radius 1 is 1.00 bits per heavy atom. The van der Waals surface area contributed by atoms with E-state index in [1.54, 1.807) is 0 Å². The summed E-state index contributed by atoms with van der Waals surface area (Å²) in [6.45, 7) is 3.71. The minimum Gasteiger partial charge on any atom is -0.339 e. The quantitative estimate of drug-likeness (QED) is 0.653. The van der Waals surface area contributed by atoms with Gasteiger partial charge in [-0.05, 0) is 63.5 Å². The van der Waals surface area contributed by atoms with Gasteiger partial charge in [0.2, 0.25) is 5.91 Å². The van der Waals surface area contributed by atoms with Crippen molar-refractivity contribution in [3.05, 3.63) is 0 Å². The lowest BCUT2D eigenvalue weighted by Gasteiger charge is -2.58. The lowest BCUT2D eigenvalue weighted by Crippen LogP contribution is -2.66. The Balaban J connectivity index is 1.66. The van der Waals surface area contributed by atoms with E-state index in [1.807, 2.05) is 0 Å². The highest BCUT2D eigenvalue weighted by molar-refractivity contribution is 5.77. The molecule has 4 atom stereocenters. The van der Waals surface area contributed by atoms with E-state index in [4.69, 9.17) is 0 Å². The van der Waals surface area contributed by atoms with Crippen LogP contribution in [0.15, 0.2) is 0 Å². The Morgan fingerprint density at radius 3 is 2.72 bits per heavy atom. The van der Waals surface area contributed by atoms with Crippen LogP contribution >= 0.6 is 0 Å². The SMILES string of the molecule is O=C1CCC[C@@H]2[C@H]3CCCN4CCC[C@H](CN12)[C@@H]34. The molecule has 0 aromatic carbocycles. The van der Waals surface area contributed by atoms with Crippen molar-refractivity contribution in [2.24, 2.45) is 11.8 Å². The predicted molar refractivity (Wildman–Crippen MR) is 70.2 cm³/mol. The molecule has 0 aromatic heterocycles. The number of hydrogen-bond donors (Lipinski definition) is 0. The second kappa shape index (κ2) is 4.22. The van der Waals surface area contributed by atoms with E-state index in [2.05, 4.69) is 9.80 Å². The van der Waals surface area contributed by atoms with Gasteiger partial charge >= 0.3 is 0 Å². The van der Waals surface area contributed by atoms with Gasteiger partial charge in [0, 0.05) is 25.0 Å². The molecule has 0 aromatic rings. The van der Waals surface area contributed by atoms with Crippen LogP contribution in [0.1, 0.15) is 44.9 Å². The fraction of sp³-hybridized carbons (Fsp3) is 0.933. The summed E-state index contributed by atoms with van der Waals surface area (Å²) in [5.41, 5.74) is 0. The fourth-order valence-electron chi connectivity index (χ4n) is 5.26. The predicted octanol–water partition coefficient (Wildman–Crippen LogP) is 1.87. The highest BCUT2D eigenvalue weighted by atomic mass is 16.2. The first-order chi connectivity index (χ1) is 8.84. The van der Waals surface area contributed by atoms with Crippen LogP contribution in [0, 0.1) is 11.8 Å². The summed E-state index contributed by atoms with van der Waals surface area (Å²) in [5.74, 6) is 2.02. The van der Waals surface area contributed by atoms with Gasteiger partial charge in [-0.2, -0.15) is 0 Å². The summed E-state index contributed by atoms with van der Waals surface area (Å²) in [6, 6.07) is 1.41. The maximum absolute atomic E-state index is 12.2. The molecule has 0 radical (unpaired) electrons. The normalized spacial score (nSPS) is 44.4. The molecule has 0 unspecified atom stereocenters. The molecule has 0 aliphatic carbocycles. The van der Waals surface area contributed by atoms with Crippen LogP contribution in [0.3, 0.4) is 0 Å². The monoisotopic (exact) mass is 248 g/mol. The van der Waals surface area contributed by atoms with Gasteiger partial charge in [0.1, 0.15) is 0 Å². The molecule has 4 rings (SSSR count). The maximum atomic E-state index is 12.2. The third-order valence-electron chi connectivity index (χ3n) is 5.88. The van der Waals surface area contributed by atoms with Crippen molar-refractivity contribution in [3.63, 3.8) is 0 Å². The van der Waals surface area contributed by atoms with Crippen LogP contribution in [0.5, 0.6) is 0 Å². The average Bonchev–Trinajstić information content (AvgIpc) is 2.41. The summed E-state index contributed by atoms with van der Waals surface area (Å²) in [6.07, 6.45) is 8.64. The lowest BCUT2D eigenvalue weighted by molar-refractivity contribution is -0.150. The molecule has 4 aliphatic heterocycles. The van der Waals surface area contributed by atoms with Crippen molar-refractivity contribution < 1.29 is 4.79 Å². The molecule has 0 saturated carbocycles. The minimum absolute atomic E-state index is 0.451. The molecule has 4 saturated heterocycles. The number of carbonyl (C=O) groups is 1. The van der Waals surface area contributed by atoms with Gasteiger partial charge in [-0.3, -0.25) is 9.69 Å². The first kappa shape index (κ1) is 11.3. The molecule has 0 spiro atoms. The average molecular weight is 248 g/mol. The summed E-state index contributed by atoms with van der Waals surface area (Å²) in [7, 11) is 0. The van der Waals surface area contributed by atoms with E-state index in [0.29, 0.717) is 11.9 Å². The Bertz CT molecular complexity index is 354. The van der Waals surface area contributed by atoms with Gasteiger partial charge in [0.15, 0.2) is 0 Å². The van der Waals surface area contributed by atoms with E-state index in [-0.39, 0.29) is 0 Å². The zero-order chi connectivity index (χ0) is 12.1. The highest BCUT2D eigenvalue weighted by Gasteiger charge is 2.50. The van der Waals surface area contributed by atoms with Gasteiger partial charge in [0.05, 0.1) is 0 Å². The second-order valence-corrected chi connectivity index (χ2v) is 6.74. The Hall–Kier alpha value is -0.570. The molecule has 0 N–H and O–H groups in total. The van der Waals surface area contributed by atoms with Crippen LogP contribution in [0.25, 0.3) is 0 Å². The zero-order valence-corrected chi connectivity index (χ0v) is 11.2. The Morgan fingerprint density at radius 2 is 1.83 bits per heavy atom. The van der Waals surface area contributed by atoms with Crippen LogP contribution in [-0.4, -0.2) is 47.4 Å².